The van der Waals surface area contributed by atoms with Gasteiger partial charge in [0.05, 0.1) is 0 Å². The molecule has 4 nitrogen and oxygen atoms in total. The van der Waals surface area contributed by atoms with E-state index >= 15 is 0 Å². The molecule has 2 rings (SSSR count). The lowest BCUT2D eigenvalue weighted by atomic mass is 9.96. The number of likely N-dealkylation sites (N-methyl/N-ethyl adjacent to an activating group) is 2. The molecular formula is C19H27N3O. The summed E-state index contributed by atoms with van der Waals surface area (Å²) in [5.74, 6) is 0.116. The third kappa shape index (κ3) is 4.23. The SMILES string of the molecule is C=C/C(=C\N(C)CCNC)c1ccc2c(c1)CCCN2C(C)=O. The maximum Gasteiger partial charge on any atom is 0.223 e. The number of benzene rings is 1. The highest BCUT2D eigenvalue weighted by atomic mass is 16.2. The smallest absolute Gasteiger partial charge is 0.223 e. The van der Waals surface area contributed by atoms with E-state index in [-0.39, 0.29) is 5.91 Å². The summed E-state index contributed by atoms with van der Waals surface area (Å²) in [6, 6.07) is 6.35. The van der Waals surface area contributed by atoms with E-state index in [0.29, 0.717) is 0 Å². The van der Waals surface area contributed by atoms with Crippen LogP contribution >= 0.6 is 0 Å². The molecule has 124 valence electrons. The predicted molar refractivity (Wildman–Crippen MR) is 97.5 cm³/mol. The van der Waals surface area contributed by atoms with Crippen LogP contribution in [-0.4, -0.2) is 44.5 Å². The van der Waals surface area contributed by atoms with E-state index in [1.807, 2.05) is 18.0 Å². The average molecular weight is 313 g/mol. The van der Waals surface area contributed by atoms with Gasteiger partial charge in [-0.3, -0.25) is 4.79 Å². The van der Waals surface area contributed by atoms with E-state index in [2.05, 4.69) is 48.2 Å². The third-order valence-corrected chi connectivity index (χ3v) is 4.21. The van der Waals surface area contributed by atoms with E-state index in [9.17, 15) is 4.79 Å². The Hall–Kier alpha value is -2.07. The van der Waals surface area contributed by atoms with E-state index in [4.69, 9.17) is 0 Å². The van der Waals surface area contributed by atoms with Gasteiger partial charge in [0, 0.05) is 45.5 Å². The zero-order valence-corrected chi connectivity index (χ0v) is 14.4. The van der Waals surface area contributed by atoms with Gasteiger partial charge in [0.25, 0.3) is 0 Å². The van der Waals surface area contributed by atoms with E-state index in [1.54, 1.807) is 6.92 Å². The number of anilines is 1. The summed E-state index contributed by atoms with van der Waals surface area (Å²) in [5.41, 5.74) is 4.56. The van der Waals surface area contributed by atoms with Gasteiger partial charge in [-0.25, -0.2) is 0 Å². The summed E-state index contributed by atoms with van der Waals surface area (Å²) in [7, 11) is 4.02. The second kappa shape index (κ2) is 7.97. The highest BCUT2D eigenvalue weighted by Crippen LogP contribution is 2.30. The zero-order valence-electron chi connectivity index (χ0n) is 14.4. The molecule has 0 unspecified atom stereocenters. The Morgan fingerprint density at radius 2 is 2.26 bits per heavy atom. The zero-order chi connectivity index (χ0) is 16.8. The molecule has 0 saturated carbocycles. The number of carbonyl (C=O) groups is 1. The Bertz CT molecular complexity index is 607. The third-order valence-electron chi connectivity index (χ3n) is 4.21. The van der Waals surface area contributed by atoms with Crippen molar-refractivity contribution in [3.05, 3.63) is 48.2 Å². The molecule has 0 aliphatic carbocycles. The molecule has 1 aliphatic rings. The lowest BCUT2D eigenvalue weighted by Crippen LogP contribution is -2.33. The normalized spacial score (nSPS) is 14.4. The quantitative estimate of drug-likeness (QED) is 0.820. The van der Waals surface area contributed by atoms with Gasteiger partial charge >= 0.3 is 0 Å². The maximum absolute atomic E-state index is 11.8. The van der Waals surface area contributed by atoms with Crippen molar-refractivity contribution >= 4 is 17.2 Å². The Labute approximate surface area is 139 Å². The van der Waals surface area contributed by atoms with Crippen LogP contribution in [0, 0.1) is 0 Å². The molecule has 0 aromatic heterocycles. The van der Waals surface area contributed by atoms with Gasteiger partial charge in [-0.05, 0) is 48.7 Å². The first-order chi connectivity index (χ1) is 11.1. The number of hydrogen-bond acceptors (Lipinski definition) is 3. The Kier molecular flexibility index (Phi) is 5.99. The van der Waals surface area contributed by atoms with Crippen molar-refractivity contribution in [2.45, 2.75) is 19.8 Å². The fraction of sp³-hybridized carbons (Fsp3) is 0.421. The van der Waals surface area contributed by atoms with Gasteiger partial charge in [0.1, 0.15) is 0 Å². The van der Waals surface area contributed by atoms with Gasteiger partial charge in [-0.1, -0.05) is 18.7 Å². The van der Waals surface area contributed by atoms with Crippen LogP contribution in [0.2, 0.25) is 0 Å². The predicted octanol–water partition coefficient (Wildman–Crippen LogP) is 2.66. The molecule has 1 heterocycles. The minimum atomic E-state index is 0.116. The van der Waals surface area contributed by atoms with E-state index in [1.165, 1.54) is 5.56 Å². The van der Waals surface area contributed by atoms with Gasteiger partial charge in [-0.15, -0.1) is 0 Å². The fourth-order valence-corrected chi connectivity index (χ4v) is 2.94. The molecule has 1 aliphatic heterocycles. The monoisotopic (exact) mass is 313 g/mol. The van der Waals surface area contributed by atoms with E-state index < -0.39 is 0 Å². The molecule has 0 fully saturated rings. The largest absolute Gasteiger partial charge is 0.379 e. The molecule has 1 aromatic carbocycles. The molecule has 1 aromatic rings. The van der Waals surface area contributed by atoms with E-state index in [0.717, 1.165) is 49.3 Å². The number of allylic oxidation sites excluding steroid dienone is 2. The summed E-state index contributed by atoms with van der Waals surface area (Å²) < 4.78 is 0. The van der Waals surface area contributed by atoms with Crippen LogP contribution in [0.25, 0.3) is 5.57 Å². The van der Waals surface area contributed by atoms with Crippen LogP contribution < -0.4 is 10.2 Å². The number of nitrogens with one attached hydrogen (secondary N) is 1. The van der Waals surface area contributed by atoms with Gasteiger partial charge in [0.15, 0.2) is 0 Å². The molecule has 1 amide bonds. The van der Waals surface area contributed by atoms with Crippen molar-refractivity contribution in [3.8, 4) is 0 Å². The second-order valence-electron chi connectivity index (χ2n) is 5.99. The van der Waals surface area contributed by atoms with Crippen molar-refractivity contribution in [2.75, 3.05) is 38.6 Å². The summed E-state index contributed by atoms with van der Waals surface area (Å²) in [6.45, 7) is 8.28. The minimum Gasteiger partial charge on any atom is -0.379 e. The van der Waals surface area contributed by atoms with Crippen LogP contribution in [0.15, 0.2) is 37.1 Å². The van der Waals surface area contributed by atoms with Crippen molar-refractivity contribution < 1.29 is 4.79 Å². The molecular weight excluding hydrogens is 286 g/mol. The summed E-state index contributed by atoms with van der Waals surface area (Å²) in [5, 5.41) is 3.15. The Morgan fingerprint density at radius 1 is 1.48 bits per heavy atom. The van der Waals surface area contributed by atoms with Crippen molar-refractivity contribution in [1.82, 2.24) is 10.2 Å². The second-order valence-corrected chi connectivity index (χ2v) is 5.99. The highest BCUT2D eigenvalue weighted by molar-refractivity contribution is 5.93. The number of amides is 1. The van der Waals surface area contributed by atoms with Crippen molar-refractivity contribution in [1.29, 1.82) is 0 Å². The van der Waals surface area contributed by atoms with Gasteiger partial charge in [0.2, 0.25) is 5.91 Å². The summed E-state index contributed by atoms with van der Waals surface area (Å²) in [4.78, 5) is 15.8. The number of rotatable bonds is 6. The number of fused-ring (bicyclic) bond motifs is 1. The fourth-order valence-electron chi connectivity index (χ4n) is 2.94. The lowest BCUT2D eigenvalue weighted by molar-refractivity contribution is -0.116. The highest BCUT2D eigenvalue weighted by Gasteiger charge is 2.20. The molecule has 4 heteroatoms. The summed E-state index contributed by atoms with van der Waals surface area (Å²) in [6.07, 6.45) is 6.05. The van der Waals surface area contributed by atoms with Crippen molar-refractivity contribution in [3.63, 3.8) is 0 Å². The first kappa shape index (κ1) is 17.3. The van der Waals surface area contributed by atoms with Gasteiger partial charge in [-0.2, -0.15) is 0 Å². The molecule has 1 N–H and O–H groups in total. The number of aryl methyl sites for hydroxylation is 1. The summed E-state index contributed by atoms with van der Waals surface area (Å²) >= 11 is 0. The van der Waals surface area contributed by atoms with Crippen LogP contribution in [0.4, 0.5) is 5.69 Å². The minimum absolute atomic E-state index is 0.116. The maximum atomic E-state index is 11.8. The molecule has 23 heavy (non-hydrogen) atoms. The molecule has 0 bridgehead atoms. The first-order valence-corrected chi connectivity index (χ1v) is 8.17. The van der Waals surface area contributed by atoms with Crippen molar-refractivity contribution in [2.24, 2.45) is 0 Å². The topological polar surface area (TPSA) is 35.6 Å². The van der Waals surface area contributed by atoms with Crippen LogP contribution in [0.5, 0.6) is 0 Å². The number of carbonyl (C=O) groups excluding carboxylic acids is 1. The first-order valence-electron chi connectivity index (χ1n) is 8.17. The molecule has 0 saturated heterocycles. The van der Waals surface area contributed by atoms with Crippen LogP contribution in [0.1, 0.15) is 24.5 Å². The average Bonchev–Trinajstić information content (AvgIpc) is 2.56. The molecule has 0 atom stereocenters. The van der Waals surface area contributed by atoms with Crippen LogP contribution in [-0.2, 0) is 11.2 Å². The Balaban J connectivity index is 2.27. The standard InChI is InChI=1S/C19H27N3O/c1-5-16(14-21(4)12-10-20-3)17-8-9-19-18(13-17)7-6-11-22(19)15(2)23/h5,8-9,13-14,20H,1,6-7,10-12H2,2-4H3/b16-14+. The number of hydrogen-bond donors (Lipinski definition) is 1. The lowest BCUT2D eigenvalue weighted by Gasteiger charge is -2.29. The number of nitrogens with zero attached hydrogens (tertiary/aromatic N) is 2. The van der Waals surface area contributed by atoms with Gasteiger partial charge < -0.3 is 15.1 Å². The molecule has 0 spiro atoms. The Morgan fingerprint density at radius 3 is 2.91 bits per heavy atom. The molecule has 0 radical (unpaired) electrons. The van der Waals surface area contributed by atoms with Crippen LogP contribution in [0.3, 0.4) is 0 Å².